The molecule has 0 aliphatic carbocycles. The van der Waals surface area contributed by atoms with Gasteiger partial charge in [-0.1, -0.05) is 12.1 Å². The minimum Gasteiger partial charge on any atom is -0.497 e. The molecule has 1 fully saturated rings. The molecule has 1 aliphatic rings. The van der Waals surface area contributed by atoms with E-state index in [1.165, 1.54) is 7.11 Å². The van der Waals surface area contributed by atoms with Crippen LogP contribution in [0.3, 0.4) is 0 Å². The van der Waals surface area contributed by atoms with Crippen LogP contribution in [0.2, 0.25) is 0 Å². The molecule has 0 radical (unpaired) electrons. The lowest BCUT2D eigenvalue weighted by Crippen LogP contribution is -2.42. The van der Waals surface area contributed by atoms with Crippen LogP contribution in [-0.2, 0) is 19.6 Å². The second-order valence-corrected chi connectivity index (χ2v) is 9.33. The third kappa shape index (κ3) is 4.68. The number of pyridine rings is 1. The van der Waals surface area contributed by atoms with E-state index in [0.717, 1.165) is 17.1 Å². The van der Waals surface area contributed by atoms with E-state index in [0.29, 0.717) is 35.4 Å². The number of carbonyl (C=O) groups excluding carboxylic acids is 1. The van der Waals surface area contributed by atoms with Crippen LogP contribution in [0.25, 0.3) is 10.8 Å². The number of aromatic nitrogens is 1. The van der Waals surface area contributed by atoms with Gasteiger partial charge in [0.2, 0.25) is 5.91 Å². The molecule has 168 valence electrons. The number of carbonyl (C=O) groups is 1. The molecular weight excluding hydrogens is 430 g/mol. The van der Waals surface area contributed by atoms with Crippen molar-refractivity contribution in [3.63, 3.8) is 0 Å². The molecule has 1 N–H and O–H groups in total. The topological polar surface area (TPSA) is 97.8 Å². The van der Waals surface area contributed by atoms with Crippen molar-refractivity contribution in [2.75, 3.05) is 31.1 Å². The molecule has 9 heteroatoms. The van der Waals surface area contributed by atoms with Crippen LogP contribution in [-0.4, -0.2) is 52.2 Å². The minimum atomic E-state index is -4.06. The number of nitrogens with zero attached hydrogens (tertiary/aromatic N) is 2. The summed E-state index contributed by atoms with van der Waals surface area (Å²) in [5, 5.41) is 4.05. The molecule has 1 aliphatic heterocycles. The van der Waals surface area contributed by atoms with E-state index in [1.54, 1.807) is 60.9 Å². The van der Waals surface area contributed by atoms with Crippen molar-refractivity contribution in [1.82, 2.24) is 10.3 Å². The standard InChI is InChI=1S/C23H25N3O5S/c1-30-19-9-7-18(8-10-19)26(16-23(27)25-15-20-5-3-13-31-20)32(28,29)22-6-2-4-17-14-24-12-11-21(17)22/h2,4,6-12,14,20H,3,5,13,15-16H2,1H3,(H,25,27). The highest BCUT2D eigenvalue weighted by molar-refractivity contribution is 7.93. The van der Waals surface area contributed by atoms with Crippen molar-refractivity contribution in [2.24, 2.45) is 0 Å². The average Bonchev–Trinajstić information content (AvgIpc) is 3.34. The highest BCUT2D eigenvalue weighted by atomic mass is 32.2. The SMILES string of the molecule is COc1ccc(N(CC(=O)NCC2CCCO2)S(=O)(=O)c2cccc3cnccc23)cc1. The third-order valence-electron chi connectivity index (χ3n) is 5.41. The third-order valence-corrected chi connectivity index (χ3v) is 7.24. The Labute approximate surface area is 187 Å². The fraction of sp³-hybridized carbons (Fsp3) is 0.304. The Morgan fingerprint density at radius 3 is 2.75 bits per heavy atom. The number of benzene rings is 2. The Balaban J connectivity index is 1.67. The van der Waals surface area contributed by atoms with Crippen molar-refractivity contribution in [3.8, 4) is 5.75 Å². The molecule has 3 aromatic rings. The first kappa shape index (κ1) is 22.0. The van der Waals surface area contributed by atoms with E-state index in [2.05, 4.69) is 10.3 Å². The number of methoxy groups -OCH3 is 1. The summed E-state index contributed by atoms with van der Waals surface area (Å²) in [6, 6.07) is 13.2. The number of sulfonamides is 1. The molecule has 1 unspecified atom stereocenters. The monoisotopic (exact) mass is 455 g/mol. The van der Waals surface area contributed by atoms with E-state index in [1.807, 2.05) is 0 Å². The van der Waals surface area contributed by atoms with E-state index in [-0.39, 0.29) is 17.5 Å². The number of amides is 1. The normalized spacial score (nSPS) is 16.1. The first-order valence-corrected chi connectivity index (χ1v) is 11.8. The molecule has 2 aromatic carbocycles. The summed E-state index contributed by atoms with van der Waals surface area (Å²) in [5.41, 5.74) is 0.365. The van der Waals surface area contributed by atoms with Crippen molar-refractivity contribution in [3.05, 3.63) is 60.9 Å². The maximum Gasteiger partial charge on any atom is 0.265 e. The molecule has 8 nitrogen and oxygen atoms in total. The number of hydrogen-bond acceptors (Lipinski definition) is 6. The van der Waals surface area contributed by atoms with Gasteiger partial charge in [0.05, 0.1) is 23.8 Å². The second-order valence-electron chi connectivity index (χ2n) is 7.50. The average molecular weight is 456 g/mol. The molecule has 1 atom stereocenters. The number of ether oxygens (including phenoxy) is 2. The lowest BCUT2D eigenvalue weighted by Gasteiger charge is -2.25. The number of fused-ring (bicyclic) bond motifs is 1. The summed E-state index contributed by atoms with van der Waals surface area (Å²) >= 11 is 0. The van der Waals surface area contributed by atoms with Crippen LogP contribution in [0.1, 0.15) is 12.8 Å². The van der Waals surface area contributed by atoms with Gasteiger partial charge in [0.25, 0.3) is 10.0 Å². The largest absolute Gasteiger partial charge is 0.497 e. The van der Waals surface area contributed by atoms with Gasteiger partial charge in [-0.2, -0.15) is 0 Å². The van der Waals surface area contributed by atoms with Crippen molar-refractivity contribution >= 4 is 32.4 Å². The molecule has 0 bridgehead atoms. The Morgan fingerprint density at radius 1 is 1.22 bits per heavy atom. The minimum absolute atomic E-state index is 0.0319. The van der Waals surface area contributed by atoms with Gasteiger partial charge in [-0.15, -0.1) is 0 Å². The van der Waals surface area contributed by atoms with E-state index < -0.39 is 15.9 Å². The van der Waals surface area contributed by atoms with E-state index >= 15 is 0 Å². The molecule has 4 rings (SSSR count). The van der Waals surface area contributed by atoms with Crippen molar-refractivity contribution < 1.29 is 22.7 Å². The van der Waals surface area contributed by atoms with Gasteiger partial charge in [0.1, 0.15) is 12.3 Å². The van der Waals surface area contributed by atoms with Crippen LogP contribution in [0.4, 0.5) is 5.69 Å². The second kappa shape index (κ2) is 9.54. The highest BCUT2D eigenvalue weighted by Gasteiger charge is 2.29. The van der Waals surface area contributed by atoms with Gasteiger partial charge >= 0.3 is 0 Å². The van der Waals surface area contributed by atoms with Crippen LogP contribution in [0.15, 0.2) is 65.8 Å². The number of rotatable bonds is 8. The summed E-state index contributed by atoms with van der Waals surface area (Å²) in [6.07, 6.45) is 4.97. The zero-order valence-corrected chi connectivity index (χ0v) is 18.5. The van der Waals surface area contributed by atoms with Crippen molar-refractivity contribution in [1.29, 1.82) is 0 Å². The van der Waals surface area contributed by atoms with Gasteiger partial charge in [0.15, 0.2) is 0 Å². The molecule has 1 amide bonds. The fourth-order valence-electron chi connectivity index (χ4n) is 3.72. The summed E-state index contributed by atoms with van der Waals surface area (Å²) in [5.74, 6) is 0.187. The Morgan fingerprint density at radius 2 is 2.03 bits per heavy atom. The molecular formula is C23H25N3O5S. The van der Waals surface area contributed by atoms with Crippen LogP contribution >= 0.6 is 0 Å². The van der Waals surface area contributed by atoms with Gasteiger partial charge in [-0.05, 0) is 49.2 Å². The predicted octanol–water partition coefficient (Wildman–Crippen LogP) is 2.73. The Hall–Kier alpha value is -3.17. The van der Waals surface area contributed by atoms with Crippen LogP contribution in [0, 0.1) is 0 Å². The van der Waals surface area contributed by atoms with Gasteiger partial charge in [0, 0.05) is 36.3 Å². The predicted molar refractivity (Wildman–Crippen MR) is 121 cm³/mol. The summed E-state index contributed by atoms with van der Waals surface area (Å²) < 4.78 is 39.4. The molecule has 1 aromatic heterocycles. The maximum absolute atomic E-state index is 13.8. The number of nitrogens with one attached hydrogen (secondary N) is 1. The zero-order chi connectivity index (χ0) is 22.6. The summed E-state index contributed by atoms with van der Waals surface area (Å²) in [4.78, 5) is 16.9. The first-order chi connectivity index (χ1) is 15.5. The van der Waals surface area contributed by atoms with Crippen LogP contribution < -0.4 is 14.4 Å². The van der Waals surface area contributed by atoms with E-state index in [4.69, 9.17) is 9.47 Å². The Bertz CT molecular complexity index is 1190. The Kier molecular flexibility index (Phi) is 6.57. The molecule has 1 saturated heterocycles. The lowest BCUT2D eigenvalue weighted by atomic mass is 10.2. The molecule has 0 spiro atoms. The van der Waals surface area contributed by atoms with Gasteiger partial charge < -0.3 is 14.8 Å². The summed E-state index contributed by atoms with van der Waals surface area (Å²) in [6.45, 7) is 0.682. The van der Waals surface area contributed by atoms with E-state index in [9.17, 15) is 13.2 Å². The summed E-state index contributed by atoms with van der Waals surface area (Å²) in [7, 11) is -2.53. The molecule has 32 heavy (non-hydrogen) atoms. The maximum atomic E-state index is 13.8. The van der Waals surface area contributed by atoms with Gasteiger partial charge in [-0.25, -0.2) is 8.42 Å². The highest BCUT2D eigenvalue weighted by Crippen LogP contribution is 2.29. The van der Waals surface area contributed by atoms with Crippen molar-refractivity contribution in [2.45, 2.75) is 23.8 Å². The van der Waals surface area contributed by atoms with Gasteiger partial charge in [-0.3, -0.25) is 14.1 Å². The fourth-order valence-corrected chi connectivity index (χ4v) is 5.36. The number of anilines is 1. The molecule has 0 saturated carbocycles. The zero-order valence-electron chi connectivity index (χ0n) is 17.7. The quantitative estimate of drug-likeness (QED) is 0.561. The lowest BCUT2D eigenvalue weighted by molar-refractivity contribution is -0.120. The first-order valence-electron chi connectivity index (χ1n) is 10.4. The number of hydrogen-bond donors (Lipinski definition) is 1. The van der Waals surface area contributed by atoms with Crippen LogP contribution in [0.5, 0.6) is 5.75 Å². The molecule has 2 heterocycles. The smallest absolute Gasteiger partial charge is 0.265 e.